The minimum Gasteiger partial charge on any atom is -0.356 e. The van der Waals surface area contributed by atoms with E-state index in [1.165, 1.54) is 38.6 Å². The number of carbonyl (C=O) groups excluding carboxylic acids is 1. The summed E-state index contributed by atoms with van der Waals surface area (Å²) in [5, 5.41) is 3.01. The van der Waals surface area contributed by atoms with E-state index in [0.717, 1.165) is 51.5 Å². The van der Waals surface area contributed by atoms with E-state index in [2.05, 4.69) is 22.0 Å². The van der Waals surface area contributed by atoms with E-state index in [0.29, 0.717) is 5.92 Å². The van der Waals surface area contributed by atoms with Crippen LogP contribution in [0.1, 0.15) is 51.9 Å². The predicted molar refractivity (Wildman–Crippen MR) is 113 cm³/mol. The van der Waals surface area contributed by atoms with Crippen molar-refractivity contribution in [1.82, 2.24) is 15.1 Å². The fraction of sp³-hybridized carbons (Fsp3) is 0.783. The van der Waals surface area contributed by atoms with Gasteiger partial charge in [0.15, 0.2) is 0 Å². The molecule has 0 aromatic rings. The molecule has 3 aliphatic rings. The number of allylic oxidation sites excluding steroid dienone is 2. The maximum atomic E-state index is 14.1. The van der Waals surface area contributed by atoms with E-state index in [4.69, 9.17) is 0 Å². The highest BCUT2D eigenvalue weighted by molar-refractivity contribution is 5.76. The quantitative estimate of drug-likeness (QED) is 0.687. The molecule has 2 aliphatic carbocycles. The lowest BCUT2D eigenvalue weighted by Crippen LogP contribution is -2.52. The summed E-state index contributed by atoms with van der Waals surface area (Å²) in [5.41, 5.74) is 0. The minimum atomic E-state index is -0.865. The van der Waals surface area contributed by atoms with Crippen LogP contribution in [-0.4, -0.2) is 67.2 Å². The number of rotatable bonds is 8. The zero-order valence-electron chi connectivity index (χ0n) is 17.5. The Morgan fingerprint density at radius 1 is 1.04 bits per heavy atom. The summed E-state index contributed by atoms with van der Waals surface area (Å²) in [6.45, 7) is 8.08. The molecule has 0 radical (unpaired) electrons. The number of nitrogens with one attached hydrogen (secondary N) is 1. The van der Waals surface area contributed by atoms with Gasteiger partial charge in [-0.3, -0.25) is 9.69 Å². The Hall–Kier alpha value is -1.20. The molecule has 0 bridgehead atoms. The second-order valence-electron chi connectivity index (χ2n) is 8.81. The highest BCUT2D eigenvalue weighted by Crippen LogP contribution is 2.32. The zero-order valence-corrected chi connectivity index (χ0v) is 17.5. The standard InChI is InChI=1S/C23H38FN3O/c1-2-12-25-23(28)18-20-9-7-19(8-10-20)11-13-26-14-16-27(17-15-26)22-6-4-3-5-21(22)24/h3-6,19-22H,2,7-18H2,1H3,(H,25,28). The van der Waals surface area contributed by atoms with Crippen LogP contribution in [0.4, 0.5) is 4.39 Å². The molecule has 2 fully saturated rings. The molecule has 0 spiro atoms. The molecule has 3 rings (SSSR count). The second kappa shape index (κ2) is 11.1. The lowest BCUT2D eigenvalue weighted by molar-refractivity contribution is -0.122. The van der Waals surface area contributed by atoms with Crippen LogP contribution in [0.3, 0.4) is 0 Å². The first-order chi connectivity index (χ1) is 13.7. The Kier molecular flexibility index (Phi) is 8.53. The fourth-order valence-corrected chi connectivity index (χ4v) is 4.86. The third kappa shape index (κ3) is 6.41. The molecule has 2 atom stereocenters. The molecule has 1 saturated heterocycles. The Bertz CT molecular complexity index is 534. The first kappa shape index (κ1) is 21.5. The summed E-state index contributed by atoms with van der Waals surface area (Å²) in [4.78, 5) is 16.7. The summed E-state index contributed by atoms with van der Waals surface area (Å²) in [6, 6.07) is -0.0723. The van der Waals surface area contributed by atoms with E-state index in [1.807, 2.05) is 18.2 Å². The molecule has 158 valence electrons. The van der Waals surface area contributed by atoms with Crippen LogP contribution in [-0.2, 0) is 4.79 Å². The van der Waals surface area contributed by atoms with Gasteiger partial charge in [-0.2, -0.15) is 0 Å². The summed E-state index contributed by atoms with van der Waals surface area (Å²) in [6.07, 6.45) is 14.5. The van der Waals surface area contributed by atoms with Crippen LogP contribution in [0.15, 0.2) is 24.3 Å². The Labute approximate surface area is 170 Å². The van der Waals surface area contributed by atoms with Crippen molar-refractivity contribution < 1.29 is 9.18 Å². The molecule has 2 unspecified atom stereocenters. The number of halogens is 1. The number of hydrogen-bond donors (Lipinski definition) is 1. The minimum absolute atomic E-state index is 0.0723. The molecule has 0 aromatic carbocycles. The smallest absolute Gasteiger partial charge is 0.220 e. The molecule has 1 amide bonds. The van der Waals surface area contributed by atoms with Crippen LogP contribution in [0.25, 0.3) is 0 Å². The van der Waals surface area contributed by atoms with E-state index >= 15 is 0 Å². The molecule has 1 heterocycles. The normalized spacial score (nSPS) is 31.8. The van der Waals surface area contributed by atoms with Crippen LogP contribution < -0.4 is 5.32 Å². The summed E-state index contributed by atoms with van der Waals surface area (Å²) in [7, 11) is 0. The first-order valence-electron chi connectivity index (χ1n) is 11.4. The number of carbonyl (C=O) groups is 1. The number of hydrogen-bond acceptors (Lipinski definition) is 3. The third-order valence-electron chi connectivity index (χ3n) is 6.74. The van der Waals surface area contributed by atoms with Gasteiger partial charge in [-0.15, -0.1) is 0 Å². The highest BCUT2D eigenvalue weighted by Gasteiger charge is 2.29. The van der Waals surface area contributed by atoms with Crippen molar-refractivity contribution in [2.24, 2.45) is 11.8 Å². The molecule has 1 saturated carbocycles. The van der Waals surface area contributed by atoms with Crippen molar-refractivity contribution in [1.29, 1.82) is 0 Å². The SMILES string of the molecule is CCCNC(=O)CC1CCC(CCN2CCN(C3C=CC=CC3F)CC2)CC1. The van der Waals surface area contributed by atoms with Crippen molar-refractivity contribution in [3.05, 3.63) is 24.3 Å². The van der Waals surface area contributed by atoms with Crippen molar-refractivity contribution in [3.8, 4) is 0 Å². The van der Waals surface area contributed by atoms with Crippen molar-refractivity contribution in [3.63, 3.8) is 0 Å². The molecule has 0 aromatic heterocycles. The maximum absolute atomic E-state index is 14.1. The van der Waals surface area contributed by atoms with E-state index < -0.39 is 6.17 Å². The largest absolute Gasteiger partial charge is 0.356 e. The van der Waals surface area contributed by atoms with E-state index in [1.54, 1.807) is 6.08 Å². The van der Waals surface area contributed by atoms with Crippen molar-refractivity contribution in [2.45, 2.75) is 64.1 Å². The zero-order chi connectivity index (χ0) is 19.8. The first-order valence-corrected chi connectivity index (χ1v) is 11.4. The van der Waals surface area contributed by atoms with Crippen molar-refractivity contribution in [2.75, 3.05) is 39.3 Å². The summed E-state index contributed by atoms with van der Waals surface area (Å²) >= 11 is 0. The highest BCUT2D eigenvalue weighted by atomic mass is 19.1. The molecule has 1 N–H and O–H groups in total. The van der Waals surface area contributed by atoms with Crippen LogP contribution >= 0.6 is 0 Å². The molecule has 4 nitrogen and oxygen atoms in total. The monoisotopic (exact) mass is 391 g/mol. The Balaban J connectivity index is 1.29. The van der Waals surface area contributed by atoms with Gasteiger partial charge in [-0.1, -0.05) is 38.0 Å². The summed E-state index contributed by atoms with van der Waals surface area (Å²) < 4.78 is 14.1. The third-order valence-corrected chi connectivity index (χ3v) is 6.74. The number of piperazine rings is 1. The lowest BCUT2D eigenvalue weighted by Gasteiger charge is -2.40. The van der Waals surface area contributed by atoms with E-state index in [9.17, 15) is 9.18 Å². The maximum Gasteiger partial charge on any atom is 0.220 e. The van der Waals surface area contributed by atoms with Crippen LogP contribution in [0.5, 0.6) is 0 Å². The van der Waals surface area contributed by atoms with Crippen LogP contribution in [0.2, 0.25) is 0 Å². The molecule has 1 aliphatic heterocycles. The average molecular weight is 392 g/mol. The van der Waals surface area contributed by atoms with Crippen molar-refractivity contribution >= 4 is 5.91 Å². The van der Waals surface area contributed by atoms with E-state index in [-0.39, 0.29) is 11.9 Å². The fourth-order valence-electron chi connectivity index (χ4n) is 4.86. The van der Waals surface area contributed by atoms with Gasteiger partial charge in [0.2, 0.25) is 5.91 Å². The van der Waals surface area contributed by atoms with Gasteiger partial charge < -0.3 is 10.2 Å². The Morgan fingerprint density at radius 3 is 2.39 bits per heavy atom. The molecule has 28 heavy (non-hydrogen) atoms. The number of nitrogens with zero attached hydrogens (tertiary/aromatic N) is 2. The van der Waals surface area contributed by atoms with Crippen LogP contribution in [0, 0.1) is 11.8 Å². The number of alkyl halides is 1. The van der Waals surface area contributed by atoms with Gasteiger partial charge in [0, 0.05) is 39.1 Å². The van der Waals surface area contributed by atoms with Gasteiger partial charge in [0.05, 0.1) is 6.04 Å². The van der Waals surface area contributed by atoms with Gasteiger partial charge in [0.25, 0.3) is 0 Å². The van der Waals surface area contributed by atoms with Gasteiger partial charge in [-0.25, -0.2) is 4.39 Å². The van der Waals surface area contributed by atoms with Gasteiger partial charge >= 0.3 is 0 Å². The summed E-state index contributed by atoms with van der Waals surface area (Å²) in [5.74, 6) is 1.64. The Morgan fingerprint density at radius 2 is 1.71 bits per heavy atom. The predicted octanol–water partition coefficient (Wildman–Crippen LogP) is 3.55. The molecular formula is C23H38FN3O. The topological polar surface area (TPSA) is 35.6 Å². The lowest BCUT2D eigenvalue weighted by atomic mass is 9.79. The number of amides is 1. The van der Waals surface area contributed by atoms with Gasteiger partial charge in [0.1, 0.15) is 6.17 Å². The average Bonchev–Trinajstić information content (AvgIpc) is 2.72. The second-order valence-corrected chi connectivity index (χ2v) is 8.81. The van der Waals surface area contributed by atoms with Gasteiger partial charge in [-0.05, 0) is 50.1 Å². The molecule has 5 heteroatoms. The molecular weight excluding hydrogens is 353 g/mol.